The lowest BCUT2D eigenvalue weighted by atomic mass is 10.1. The van der Waals surface area contributed by atoms with Gasteiger partial charge in [0.25, 0.3) is 0 Å². The van der Waals surface area contributed by atoms with Crippen molar-refractivity contribution in [2.24, 2.45) is 11.8 Å². The zero-order chi connectivity index (χ0) is 20.9. The second kappa shape index (κ2) is 8.94. The minimum atomic E-state index is -4.83. The highest BCUT2D eigenvalue weighted by molar-refractivity contribution is 6.09. The van der Waals surface area contributed by atoms with Gasteiger partial charge in [-0.15, -0.1) is 13.2 Å². The van der Waals surface area contributed by atoms with E-state index < -0.39 is 29.8 Å². The topological polar surface area (TPSA) is 87.7 Å². The van der Waals surface area contributed by atoms with Crippen LogP contribution in [0.4, 0.5) is 18.9 Å². The number of hydrogen-bond acceptors (Lipinski definition) is 4. The molecule has 1 aromatic rings. The number of rotatable bonds is 7. The molecule has 0 bridgehead atoms. The summed E-state index contributed by atoms with van der Waals surface area (Å²) in [6, 6.07) is 5.05. The third-order valence-electron chi connectivity index (χ3n) is 4.13. The van der Waals surface area contributed by atoms with Crippen LogP contribution >= 0.6 is 0 Å². The summed E-state index contributed by atoms with van der Waals surface area (Å²) < 4.78 is 40.9. The van der Waals surface area contributed by atoms with E-state index in [1.807, 2.05) is 0 Å². The highest BCUT2D eigenvalue weighted by Crippen LogP contribution is 2.30. The molecule has 1 aliphatic heterocycles. The summed E-state index contributed by atoms with van der Waals surface area (Å²) in [5.74, 6) is -2.64. The van der Waals surface area contributed by atoms with Gasteiger partial charge in [0.1, 0.15) is 11.7 Å². The molecule has 10 heteroatoms. The first-order valence-electron chi connectivity index (χ1n) is 8.81. The molecule has 1 fully saturated rings. The highest BCUT2D eigenvalue weighted by atomic mass is 19.4. The van der Waals surface area contributed by atoms with E-state index in [1.165, 1.54) is 17.0 Å². The fourth-order valence-electron chi connectivity index (χ4n) is 2.73. The molecule has 1 heterocycles. The van der Waals surface area contributed by atoms with Crippen LogP contribution in [0.2, 0.25) is 0 Å². The van der Waals surface area contributed by atoms with Crippen molar-refractivity contribution in [3.05, 3.63) is 24.3 Å². The molecule has 0 unspecified atom stereocenters. The van der Waals surface area contributed by atoms with Gasteiger partial charge < -0.3 is 20.3 Å². The Kier molecular flexibility index (Phi) is 6.87. The summed E-state index contributed by atoms with van der Waals surface area (Å²) in [7, 11) is 0. The van der Waals surface area contributed by atoms with Crippen LogP contribution in [-0.4, -0.2) is 43.7 Å². The largest absolute Gasteiger partial charge is 0.573 e. The Hall–Kier alpha value is -2.78. The number of amides is 3. The Morgan fingerprint density at radius 2 is 1.93 bits per heavy atom. The normalized spacial score (nSPS) is 17.0. The quantitative estimate of drug-likeness (QED) is 0.539. The minimum absolute atomic E-state index is 0.140. The molecule has 0 spiro atoms. The summed E-state index contributed by atoms with van der Waals surface area (Å²) in [6.45, 7) is 4.11. The predicted molar refractivity (Wildman–Crippen MR) is 94.4 cm³/mol. The van der Waals surface area contributed by atoms with Crippen molar-refractivity contribution in [2.45, 2.75) is 26.6 Å². The molecular formula is C18H22F3N3O4. The van der Waals surface area contributed by atoms with E-state index in [0.717, 1.165) is 12.1 Å². The molecule has 1 aliphatic rings. The number of alkyl halides is 3. The molecule has 2 N–H and O–H groups in total. The summed E-state index contributed by atoms with van der Waals surface area (Å²) in [4.78, 5) is 37.4. The van der Waals surface area contributed by atoms with Crippen LogP contribution in [-0.2, 0) is 14.4 Å². The van der Waals surface area contributed by atoms with Gasteiger partial charge in [0.15, 0.2) is 0 Å². The van der Waals surface area contributed by atoms with Gasteiger partial charge in [-0.05, 0) is 18.6 Å². The van der Waals surface area contributed by atoms with Gasteiger partial charge in [0, 0.05) is 37.3 Å². The number of halogens is 3. The zero-order valence-electron chi connectivity index (χ0n) is 15.5. The fourth-order valence-corrected chi connectivity index (χ4v) is 2.73. The molecule has 154 valence electrons. The maximum atomic E-state index is 12.5. The van der Waals surface area contributed by atoms with E-state index in [2.05, 4.69) is 15.4 Å². The van der Waals surface area contributed by atoms with Crippen LogP contribution in [0.25, 0.3) is 0 Å². The first-order chi connectivity index (χ1) is 13.1. The molecule has 28 heavy (non-hydrogen) atoms. The SMILES string of the molecule is CC(C)C(=O)NCCNC(=O)[C@H]1CCN(c2cccc(OC(F)(F)F)c2)C1=O. The Bertz CT molecular complexity index is 737. The third kappa shape index (κ3) is 5.86. The van der Waals surface area contributed by atoms with Crippen molar-refractivity contribution >= 4 is 23.4 Å². The first kappa shape index (κ1) is 21.5. The lowest BCUT2D eigenvalue weighted by Gasteiger charge is -2.18. The molecule has 0 saturated carbocycles. The number of hydrogen-bond donors (Lipinski definition) is 2. The van der Waals surface area contributed by atoms with Crippen LogP contribution in [0, 0.1) is 11.8 Å². The van der Waals surface area contributed by atoms with E-state index in [1.54, 1.807) is 13.8 Å². The van der Waals surface area contributed by atoms with E-state index in [0.29, 0.717) is 0 Å². The van der Waals surface area contributed by atoms with Crippen LogP contribution in [0.15, 0.2) is 24.3 Å². The fraction of sp³-hybridized carbons (Fsp3) is 0.500. The van der Waals surface area contributed by atoms with Crippen LogP contribution in [0.3, 0.4) is 0 Å². The molecule has 0 radical (unpaired) electrons. The van der Waals surface area contributed by atoms with E-state index in [-0.39, 0.29) is 43.6 Å². The lowest BCUT2D eigenvalue weighted by molar-refractivity contribution is -0.274. The predicted octanol–water partition coefficient (Wildman–Crippen LogP) is 1.83. The average molecular weight is 401 g/mol. The van der Waals surface area contributed by atoms with Crippen LogP contribution in [0.5, 0.6) is 5.75 Å². The maximum Gasteiger partial charge on any atom is 0.573 e. The Morgan fingerprint density at radius 3 is 2.57 bits per heavy atom. The summed E-state index contributed by atoms with van der Waals surface area (Å²) >= 11 is 0. The number of carbonyl (C=O) groups excluding carboxylic acids is 3. The Labute approximate surface area is 160 Å². The van der Waals surface area contributed by atoms with Crippen molar-refractivity contribution in [2.75, 3.05) is 24.5 Å². The van der Waals surface area contributed by atoms with Gasteiger partial charge in [0.2, 0.25) is 17.7 Å². The van der Waals surface area contributed by atoms with E-state index in [4.69, 9.17) is 0 Å². The van der Waals surface area contributed by atoms with E-state index >= 15 is 0 Å². The maximum absolute atomic E-state index is 12.5. The number of ether oxygens (including phenoxy) is 1. The molecule has 1 saturated heterocycles. The van der Waals surface area contributed by atoms with Crippen molar-refractivity contribution in [1.29, 1.82) is 0 Å². The summed E-state index contributed by atoms with van der Waals surface area (Å²) in [6.07, 6.45) is -4.59. The smallest absolute Gasteiger partial charge is 0.406 e. The van der Waals surface area contributed by atoms with E-state index in [9.17, 15) is 27.6 Å². The number of anilines is 1. The van der Waals surface area contributed by atoms with Crippen molar-refractivity contribution in [3.8, 4) is 5.75 Å². The molecular weight excluding hydrogens is 379 g/mol. The molecule has 7 nitrogen and oxygen atoms in total. The monoisotopic (exact) mass is 401 g/mol. The minimum Gasteiger partial charge on any atom is -0.406 e. The average Bonchev–Trinajstić information content (AvgIpc) is 2.98. The van der Waals surface area contributed by atoms with Crippen LogP contribution in [0.1, 0.15) is 20.3 Å². The first-order valence-corrected chi connectivity index (χ1v) is 8.81. The highest BCUT2D eigenvalue weighted by Gasteiger charge is 2.38. The number of benzene rings is 1. The van der Waals surface area contributed by atoms with Gasteiger partial charge in [-0.2, -0.15) is 0 Å². The second-order valence-electron chi connectivity index (χ2n) is 6.61. The number of nitrogens with zero attached hydrogens (tertiary/aromatic N) is 1. The van der Waals surface area contributed by atoms with Gasteiger partial charge >= 0.3 is 6.36 Å². The Morgan fingerprint density at radius 1 is 1.25 bits per heavy atom. The zero-order valence-corrected chi connectivity index (χ0v) is 15.5. The molecule has 1 atom stereocenters. The van der Waals surface area contributed by atoms with Gasteiger partial charge in [-0.25, -0.2) is 0 Å². The lowest BCUT2D eigenvalue weighted by Crippen LogP contribution is -2.41. The van der Waals surface area contributed by atoms with Gasteiger partial charge in [0.05, 0.1) is 0 Å². The second-order valence-corrected chi connectivity index (χ2v) is 6.61. The Balaban J connectivity index is 1.91. The van der Waals surface area contributed by atoms with Crippen molar-refractivity contribution in [1.82, 2.24) is 10.6 Å². The standard InChI is InChI=1S/C18H22F3N3O4/c1-11(2)15(25)22-7-8-23-16(26)14-6-9-24(17(14)27)12-4-3-5-13(10-12)28-18(19,20)21/h3-5,10-11,14H,6-9H2,1-2H3,(H,22,25)(H,23,26)/t14-/m1/s1. The number of carbonyl (C=O) groups is 3. The molecule has 2 rings (SSSR count). The number of nitrogens with one attached hydrogen (secondary N) is 2. The third-order valence-corrected chi connectivity index (χ3v) is 4.13. The van der Waals surface area contributed by atoms with Gasteiger partial charge in [-0.3, -0.25) is 14.4 Å². The van der Waals surface area contributed by atoms with Crippen molar-refractivity contribution in [3.63, 3.8) is 0 Å². The molecule has 1 aromatic carbocycles. The van der Waals surface area contributed by atoms with Crippen LogP contribution < -0.4 is 20.3 Å². The van der Waals surface area contributed by atoms with Crippen molar-refractivity contribution < 1.29 is 32.3 Å². The molecule has 3 amide bonds. The molecule has 0 aromatic heterocycles. The summed E-state index contributed by atoms with van der Waals surface area (Å²) in [5.41, 5.74) is 0.228. The van der Waals surface area contributed by atoms with Gasteiger partial charge in [-0.1, -0.05) is 19.9 Å². The molecule has 0 aliphatic carbocycles. The summed E-state index contributed by atoms with van der Waals surface area (Å²) in [5, 5.41) is 5.23.